The Balaban J connectivity index is 1.99. The third-order valence-electron chi connectivity index (χ3n) is 5.14. The number of rotatable bonds is 8. The Bertz CT molecular complexity index is 720. The Morgan fingerprint density at radius 3 is 2.48 bits per heavy atom. The molecule has 1 aliphatic carbocycles. The quantitative estimate of drug-likeness (QED) is 0.507. The third-order valence-corrected chi connectivity index (χ3v) is 5.14. The number of methoxy groups -OCH3 is 1. The van der Waals surface area contributed by atoms with Gasteiger partial charge in [0.2, 0.25) is 5.91 Å². The van der Waals surface area contributed by atoms with Gasteiger partial charge in [0.25, 0.3) is 0 Å². The lowest BCUT2D eigenvalue weighted by molar-refractivity contribution is -0.138. The van der Waals surface area contributed by atoms with Crippen LogP contribution in [0.15, 0.2) is 23.2 Å². The summed E-state index contributed by atoms with van der Waals surface area (Å²) in [5.41, 5.74) is 0.309. The van der Waals surface area contributed by atoms with Crippen LogP contribution in [0.2, 0.25) is 0 Å². The number of halogens is 2. The zero-order valence-corrected chi connectivity index (χ0v) is 17.4. The monoisotopic (exact) mass is 412 g/mol. The van der Waals surface area contributed by atoms with Crippen LogP contribution in [0.25, 0.3) is 0 Å². The molecule has 7 nitrogen and oxygen atoms in total. The fourth-order valence-corrected chi connectivity index (χ4v) is 3.67. The molecule has 1 fully saturated rings. The van der Waals surface area contributed by atoms with Crippen molar-refractivity contribution in [2.75, 3.05) is 34.8 Å². The molecular weight excluding hydrogens is 382 g/mol. The van der Waals surface area contributed by atoms with E-state index in [-0.39, 0.29) is 17.4 Å². The number of aliphatic imine (C=N–C) groups is 1. The van der Waals surface area contributed by atoms with Crippen LogP contribution < -0.4 is 20.1 Å². The van der Waals surface area contributed by atoms with Gasteiger partial charge < -0.3 is 25.0 Å². The van der Waals surface area contributed by atoms with Gasteiger partial charge in [-0.05, 0) is 30.5 Å². The van der Waals surface area contributed by atoms with Crippen molar-refractivity contribution in [1.82, 2.24) is 15.5 Å². The van der Waals surface area contributed by atoms with E-state index in [1.165, 1.54) is 13.2 Å². The summed E-state index contributed by atoms with van der Waals surface area (Å²) in [6.45, 7) is -2.09. The molecule has 1 aromatic carbocycles. The minimum Gasteiger partial charge on any atom is -0.493 e. The highest BCUT2D eigenvalue weighted by atomic mass is 19.3. The van der Waals surface area contributed by atoms with Crippen molar-refractivity contribution in [3.05, 3.63) is 23.8 Å². The van der Waals surface area contributed by atoms with Gasteiger partial charge in [-0.2, -0.15) is 8.78 Å². The van der Waals surface area contributed by atoms with Gasteiger partial charge in [0.15, 0.2) is 17.5 Å². The molecule has 0 bridgehead atoms. The normalized spacial score (nSPS) is 15.9. The van der Waals surface area contributed by atoms with Crippen molar-refractivity contribution in [3.63, 3.8) is 0 Å². The van der Waals surface area contributed by atoms with Crippen LogP contribution in [0.1, 0.15) is 31.2 Å². The van der Waals surface area contributed by atoms with E-state index in [9.17, 15) is 13.6 Å². The van der Waals surface area contributed by atoms with Gasteiger partial charge in [-0.1, -0.05) is 18.9 Å². The molecule has 2 rings (SSSR count). The Hall–Kier alpha value is -2.58. The van der Waals surface area contributed by atoms with E-state index in [1.54, 1.807) is 38.2 Å². The third kappa shape index (κ3) is 5.95. The van der Waals surface area contributed by atoms with Crippen LogP contribution >= 0.6 is 0 Å². The first-order valence-corrected chi connectivity index (χ1v) is 9.59. The van der Waals surface area contributed by atoms with Crippen LogP contribution in [-0.4, -0.2) is 58.2 Å². The number of benzene rings is 1. The molecule has 1 aliphatic rings. The maximum Gasteiger partial charge on any atom is 0.387 e. The summed E-state index contributed by atoms with van der Waals surface area (Å²) in [6, 6.07) is 4.83. The predicted octanol–water partition coefficient (Wildman–Crippen LogP) is 2.61. The molecule has 0 heterocycles. The second kappa shape index (κ2) is 10.3. The lowest BCUT2D eigenvalue weighted by atomic mass is 9.84. The summed E-state index contributed by atoms with van der Waals surface area (Å²) in [7, 11) is 6.59. The average Bonchev–Trinajstić information content (AvgIpc) is 3.17. The maximum absolute atomic E-state index is 12.7. The second-order valence-electron chi connectivity index (χ2n) is 7.33. The Morgan fingerprint density at radius 1 is 1.24 bits per heavy atom. The molecule has 9 heteroatoms. The number of alkyl halides is 2. The van der Waals surface area contributed by atoms with Gasteiger partial charge in [-0.3, -0.25) is 9.79 Å². The molecular formula is C20H30F2N4O3. The lowest BCUT2D eigenvalue weighted by Crippen LogP contribution is -2.49. The number of carbonyl (C=O) groups excluding carboxylic acids is 1. The van der Waals surface area contributed by atoms with Gasteiger partial charge in [-0.15, -0.1) is 0 Å². The first-order chi connectivity index (χ1) is 13.8. The van der Waals surface area contributed by atoms with E-state index in [0.717, 1.165) is 31.2 Å². The number of nitrogens with one attached hydrogen (secondary N) is 2. The number of carbonyl (C=O) groups is 1. The summed E-state index contributed by atoms with van der Waals surface area (Å²) >= 11 is 0. The zero-order valence-electron chi connectivity index (χ0n) is 17.4. The van der Waals surface area contributed by atoms with Gasteiger partial charge in [0.05, 0.1) is 12.5 Å². The topological polar surface area (TPSA) is 75.2 Å². The molecule has 1 aromatic rings. The lowest BCUT2D eigenvalue weighted by Gasteiger charge is -2.31. The highest BCUT2D eigenvalue weighted by Gasteiger charge is 2.42. The smallest absolute Gasteiger partial charge is 0.387 e. The van der Waals surface area contributed by atoms with Gasteiger partial charge >= 0.3 is 6.61 Å². The molecule has 0 saturated heterocycles. The first kappa shape index (κ1) is 22.7. The molecule has 162 valence electrons. The van der Waals surface area contributed by atoms with Gasteiger partial charge in [0, 0.05) is 34.2 Å². The van der Waals surface area contributed by atoms with E-state index in [1.807, 2.05) is 0 Å². The van der Waals surface area contributed by atoms with Crippen LogP contribution in [0.5, 0.6) is 11.5 Å². The predicted molar refractivity (Wildman–Crippen MR) is 107 cm³/mol. The van der Waals surface area contributed by atoms with Crippen molar-refractivity contribution in [3.8, 4) is 11.5 Å². The van der Waals surface area contributed by atoms with Crippen LogP contribution in [0.3, 0.4) is 0 Å². The molecule has 0 spiro atoms. The fourth-order valence-electron chi connectivity index (χ4n) is 3.67. The summed E-state index contributed by atoms with van der Waals surface area (Å²) in [5, 5.41) is 6.39. The molecule has 0 radical (unpaired) electrons. The average molecular weight is 412 g/mol. The number of guanidine groups is 1. The molecule has 1 amide bonds. The second-order valence-corrected chi connectivity index (χ2v) is 7.33. The van der Waals surface area contributed by atoms with Crippen molar-refractivity contribution in [2.24, 2.45) is 10.4 Å². The minimum absolute atomic E-state index is 0.0220. The van der Waals surface area contributed by atoms with E-state index in [0.29, 0.717) is 19.0 Å². The highest BCUT2D eigenvalue weighted by molar-refractivity contribution is 5.85. The number of hydrogen-bond donors (Lipinski definition) is 2. The van der Waals surface area contributed by atoms with Crippen LogP contribution in [0, 0.1) is 5.41 Å². The van der Waals surface area contributed by atoms with Crippen molar-refractivity contribution < 1.29 is 23.0 Å². The minimum atomic E-state index is -2.93. The van der Waals surface area contributed by atoms with E-state index >= 15 is 0 Å². The van der Waals surface area contributed by atoms with Crippen molar-refractivity contribution in [1.29, 1.82) is 0 Å². The van der Waals surface area contributed by atoms with E-state index < -0.39 is 12.0 Å². The molecule has 0 atom stereocenters. The molecule has 0 aromatic heterocycles. The largest absolute Gasteiger partial charge is 0.493 e. The first-order valence-electron chi connectivity index (χ1n) is 9.59. The SMILES string of the molecule is CN=C(NCc1ccc(OC)c(OC(F)F)c1)NCC1(C(=O)N(C)C)CCCC1. The zero-order chi connectivity index (χ0) is 21.4. The van der Waals surface area contributed by atoms with Crippen molar-refractivity contribution >= 4 is 11.9 Å². The van der Waals surface area contributed by atoms with Crippen LogP contribution in [0.4, 0.5) is 8.78 Å². The highest BCUT2D eigenvalue weighted by Crippen LogP contribution is 2.38. The summed E-state index contributed by atoms with van der Waals surface area (Å²) < 4.78 is 34.7. The molecule has 0 aliphatic heterocycles. The maximum atomic E-state index is 12.7. The summed E-state index contributed by atoms with van der Waals surface area (Å²) in [4.78, 5) is 18.5. The number of hydrogen-bond acceptors (Lipinski definition) is 4. The van der Waals surface area contributed by atoms with E-state index in [4.69, 9.17) is 4.74 Å². The number of nitrogens with zero attached hydrogens (tertiary/aromatic N) is 2. The van der Waals surface area contributed by atoms with Crippen LogP contribution in [-0.2, 0) is 11.3 Å². The summed E-state index contributed by atoms with van der Waals surface area (Å²) in [5.74, 6) is 0.880. The number of ether oxygens (including phenoxy) is 2. The Labute approximate surface area is 170 Å². The van der Waals surface area contributed by atoms with E-state index in [2.05, 4.69) is 20.4 Å². The number of amides is 1. The molecule has 29 heavy (non-hydrogen) atoms. The standard InChI is InChI=1S/C20H30F2N4O3/c1-23-19(25-13-20(9-5-6-10-20)17(27)26(2)3)24-12-14-7-8-15(28-4)16(11-14)29-18(21)22/h7-8,11,18H,5-6,9-10,12-13H2,1-4H3,(H2,23,24,25). The Morgan fingerprint density at radius 2 is 1.93 bits per heavy atom. The molecule has 0 unspecified atom stereocenters. The van der Waals surface area contributed by atoms with Crippen molar-refractivity contribution in [2.45, 2.75) is 38.8 Å². The fraction of sp³-hybridized carbons (Fsp3) is 0.600. The van der Waals surface area contributed by atoms with Gasteiger partial charge in [-0.25, -0.2) is 0 Å². The molecule has 1 saturated carbocycles. The molecule has 2 N–H and O–H groups in total. The van der Waals surface area contributed by atoms with Gasteiger partial charge in [0.1, 0.15) is 0 Å². The summed E-state index contributed by atoms with van der Waals surface area (Å²) in [6.07, 6.45) is 3.76. The Kier molecular flexibility index (Phi) is 8.04.